The molecule has 0 aromatic carbocycles. The minimum Gasteiger partial charge on any atom is -0.462 e. The highest BCUT2D eigenvalue weighted by Crippen LogP contribution is 2.23. The van der Waals surface area contributed by atoms with Crippen molar-refractivity contribution in [2.45, 2.75) is 224 Å². The van der Waals surface area contributed by atoms with Crippen molar-refractivity contribution in [2.75, 3.05) is 19.8 Å². The van der Waals surface area contributed by atoms with Gasteiger partial charge in [0.1, 0.15) is 31.0 Å². The van der Waals surface area contributed by atoms with Crippen LogP contribution in [0.15, 0.2) is 48.6 Å². The molecule has 3 unspecified atom stereocenters. The molecule has 0 spiro atoms. The Hall–Kier alpha value is -2.34. The fraction of sp³-hybridized carbons (Fsp3) is 0.792. The van der Waals surface area contributed by atoms with Crippen LogP contribution in [-0.2, 0) is 28.5 Å². The monoisotopic (exact) mass is 821 g/mol. The molecule has 336 valence electrons. The Labute approximate surface area is 352 Å². The summed E-state index contributed by atoms with van der Waals surface area (Å²) >= 11 is 0. The SMILES string of the molecule is CC/C=C/C=C/C=C/C=C/CCCCCC(=O)OC(COC(=O)CCCCCCCCCCCCCCCCCCCCCC)CO[C@H]1O[C@@H](CO)[C@@H](O)C(O)C1O. The number of hydrogen-bond acceptors (Lipinski definition) is 10. The first-order chi connectivity index (χ1) is 28.3. The highest BCUT2D eigenvalue weighted by Gasteiger charge is 2.44. The topological polar surface area (TPSA) is 152 Å². The predicted octanol–water partition coefficient (Wildman–Crippen LogP) is 10.1. The van der Waals surface area contributed by atoms with E-state index >= 15 is 0 Å². The third-order valence-electron chi connectivity index (χ3n) is 10.6. The van der Waals surface area contributed by atoms with Crippen LogP contribution < -0.4 is 0 Å². The average molecular weight is 821 g/mol. The van der Waals surface area contributed by atoms with Gasteiger partial charge in [0.2, 0.25) is 0 Å². The molecule has 4 N–H and O–H groups in total. The van der Waals surface area contributed by atoms with Gasteiger partial charge in [-0.3, -0.25) is 9.59 Å². The van der Waals surface area contributed by atoms with Gasteiger partial charge >= 0.3 is 11.9 Å². The minimum atomic E-state index is -1.60. The van der Waals surface area contributed by atoms with E-state index in [4.69, 9.17) is 18.9 Å². The van der Waals surface area contributed by atoms with Crippen molar-refractivity contribution in [3.63, 3.8) is 0 Å². The van der Waals surface area contributed by atoms with E-state index < -0.39 is 49.4 Å². The predicted molar refractivity (Wildman–Crippen MR) is 233 cm³/mol. The Morgan fingerprint density at radius 3 is 1.53 bits per heavy atom. The highest BCUT2D eigenvalue weighted by atomic mass is 16.7. The molecule has 0 aromatic heterocycles. The zero-order chi connectivity index (χ0) is 42.3. The Balaban J connectivity index is 2.29. The second-order valence-electron chi connectivity index (χ2n) is 15.9. The molecular weight excluding hydrogens is 737 g/mol. The molecule has 0 radical (unpaired) electrons. The summed E-state index contributed by atoms with van der Waals surface area (Å²) in [7, 11) is 0. The molecular formula is C48H84O10. The van der Waals surface area contributed by atoms with Crippen LogP contribution in [0.5, 0.6) is 0 Å². The lowest BCUT2D eigenvalue weighted by molar-refractivity contribution is -0.305. The van der Waals surface area contributed by atoms with E-state index in [0.717, 1.165) is 44.9 Å². The van der Waals surface area contributed by atoms with Gasteiger partial charge in [-0.1, -0.05) is 191 Å². The number of unbranched alkanes of at least 4 members (excludes halogenated alkanes) is 22. The maximum absolute atomic E-state index is 12.7. The van der Waals surface area contributed by atoms with Crippen LogP contribution in [0, 0.1) is 0 Å². The van der Waals surface area contributed by atoms with E-state index in [2.05, 4.69) is 26.0 Å². The van der Waals surface area contributed by atoms with Crippen molar-refractivity contribution in [3.05, 3.63) is 48.6 Å². The van der Waals surface area contributed by atoms with Crippen LogP contribution in [0.25, 0.3) is 0 Å². The summed E-state index contributed by atoms with van der Waals surface area (Å²) in [6, 6.07) is 0. The lowest BCUT2D eigenvalue weighted by Crippen LogP contribution is -2.59. The van der Waals surface area contributed by atoms with Crippen molar-refractivity contribution >= 4 is 11.9 Å². The number of rotatable bonds is 38. The van der Waals surface area contributed by atoms with E-state index in [-0.39, 0.29) is 32.0 Å². The van der Waals surface area contributed by atoms with Crippen LogP contribution in [0.4, 0.5) is 0 Å². The molecule has 58 heavy (non-hydrogen) atoms. The second kappa shape index (κ2) is 38.8. The molecule has 1 aliphatic heterocycles. The second-order valence-corrected chi connectivity index (χ2v) is 15.9. The lowest BCUT2D eigenvalue weighted by Gasteiger charge is -2.39. The molecule has 0 aliphatic carbocycles. The van der Waals surface area contributed by atoms with E-state index in [1.54, 1.807) is 0 Å². The third-order valence-corrected chi connectivity index (χ3v) is 10.6. The lowest BCUT2D eigenvalue weighted by atomic mass is 9.99. The standard InChI is InChI=1S/C48H84O10/c1-3-5-7-9-11-13-15-17-18-19-20-21-22-23-25-26-28-30-32-34-36-43(50)55-39-41(40-56-48-47(54)46(53)45(52)42(38-49)58-48)57-44(51)37-35-33-31-29-27-24-16-14-12-10-8-6-4-2/h6,8,10,12,14,16,24,27,41-42,45-49,52-54H,3-5,7,9,11,13,15,17-23,25-26,28-40H2,1-2H3/b8-6+,12-10+,16-14+,27-24+/t41?,42-,45+,46?,47?,48-/m0/s1. The quantitative estimate of drug-likeness (QED) is 0.0269. The van der Waals surface area contributed by atoms with Crippen molar-refractivity contribution < 1.29 is 49.0 Å². The molecule has 0 saturated carbocycles. The molecule has 1 fully saturated rings. The number of carbonyl (C=O) groups excluding carboxylic acids is 2. The summed E-state index contributed by atoms with van der Waals surface area (Å²) in [6.07, 6.45) is 38.4. The van der Waals surface area contributed by atoms with E-state index in [9.17, 15) is 30.0 Å². The third kappa shape index (κ3) is 29.8. The van der Waals surface area contributed by atoms with Crippen molar-refractivity contribution in [2.24, 2.45) is 0 Å². The van der Waals surface area contributed by atoms with E-state index in [1.165, 1.54) is 109 Å². The van der Waals surface area contributed by atoms with Crippen molar-refractivity contribution in [1.82, 2.24) is 0 Å². The number of allylic oxidation sites excluding steroid dienone is 8. The number of aliphatic hydroxyl groups excluding tert-OH is 4. The Morgan fingerprint density at radius 2 is 1.02 bits per heavy atom. The normalized spacial score (nSPS) is 20.6. The zero-order valence-electron chi connectivity index (χ0n) is 36.5. The van der Waals surface area contributed by atoms with Gasteiger partial charge < -0.3 is 39.4 Å². The van der Waals surface area contributed by atoms with Crippen LogP contribution in [0.2, 0.25) is 0 Å². The van der Waals surface area contributed by atoms with Gasteiger partial charge in [0.15, 0.2) is 12.4 Å². The molecule has 1 saturated heterocycles. The summed E-state index contributed by atoms with van der Waals surface area (Å²) in [6.45, 7) is 3.25. The number of hydrogen-bond donors (Lipinski definition) is 4. The maximum atomic E-state index is 12.7. The van der Waals surface area contributed by atoms with Crippen LogP contribution in [0.3, 0.4) is 0 Å². The van der Waals surface area contributed by atoms with Gasteiger partial charge in [-0.15, -0.1) is 0 Å². The fourth-order valence-corrected chi connectivity index (χ4v) is 6.91. The van der Waals surface area contributed by atoms with Gasteiger partial charge in [0.25, 0.3) is 0 Å². The largest absolute Gasteiger partial charge is 0.462 e. The summed E-state index contributed by atoms with van der Waals surface area (Å²) in [5.74, 6) is -0.849. The van der Waals surface area contributed by atoms with Crippen LogP contribution in [-0.4, -0.2) is 89.0 Å². The molecule has 10 nitrogen and oxygen atoms in total. The summed E-state index contributed by atoms with van der Waals surface area (Å²) < 4.78 is 22.1. The average Bonchev–Trinajstić information content (AvgIpc) is 3.22. The summed E-state index contributed by atoms with van der Waals surface area (Å²) in [4.78, 5) is 25.3. The van der Waals surface area contributed by atoms with E-state index in [0.29, 0.717) is 6.42 Å². The first-order valence-electron chi connectivity index (χ1n) is 23.3. The summed E-state index contributed by atoms with van der Waals surface area (Å²) in [5, 5.41) is 40.1. The van der Waals surface area contributed by atoms with Crippen molar-refractivity contribution in [3.8, 4) is 0 Å². The van der Waals surface area contributed by atoms with Gasteiger partial charge in [-0.2, -0.15) is 0 Å². The molecule has 0 bridgehead atoms. The molecule has 6 atom stereocenters. The smallest absolute Gasteiger partial charge is 0.306 e. The molecule has 0 aromatic rings. The maximum Gasteiger partial charge on any atom is 0.306 e. The summed E-state index contributed by atoms with van der Waals surface area (Å²) in [5.41, 5.74) is 0. The van der Waals surface area contributed by atoms with Gasteiger partial charge in [0.05, 0.1) is 13.2 Å². The van der Waals surface area contributed by atoms with E-state index in [1.807, 2.05) is 36.5 Å². The number of esters is 2. The van der Waals surface area contributed by atoms with Gasteiger partial charge in [0, 0.05) is 12.8 Å². The minimum absolute atomic E-state index is 0.184. The number of ether oxygens (including phenoxy) is 4. The highest BCUT2D eigenvalue weighted by molar-refractivity contribution is 5.70. The fourth-order valence-electron chi connectivity index (χ4n) is 6.91. The molecule has 1 heterocycles. The van der Waals surface area contributed by atoms with Gasteiger partial charge in [-0.05, 0) is 32.1 Å². The first kappa shape index (κ1) is 53.7. The Morgan fingerprint density at radius 1 is 0.552 bits per heavy atom. The number of carbonyl (C=O) groups is 2. The molecule has 1 rings (SSSR count). The van der Waals surface area contributed by atoms with Crippen molar-refractivity contribution in [1.29, 1.82) is 0 Å². The molecule has 1 aliphatic rings. The Bertz CT molecular complexity index is 1090. The zero-order valence-corrected chi connectivity index (χ0v) is 36.5. The molecule has 0 amide bonds. The number of aliphatic hydroxyl groups is 4. The Kier molecular flexibility index (Phi) is 35.9. The van der Waals surface area contributed by atoms with Crippen LogP contribution >= 0.6 is 0 Å². The van der Waals surface area contributed by atoms with Crippen LogP contribution in [0.1, 0.15) is 187 Å². The molecule has 10 heteroatoms. The first-order valence-corrected chi connectivity index (χ1v) is 23.3. The van der Waals surface area contributed by atoms with Gasteiger partial charge in [-0.25, -0.2) is 0 Å².